The number of rotatable bonds is 5. The normalized spacial score (nSPS) is 18.4. The highest BCUT2D eigenvalue weighted by atomic mass is 32.2. The van der Waals surface area contributed by atoms with Crippen molar-refractivity contribution in [3.8, 4) is 0 Å². The first-order valence-electron chi connectivity index (χ1n) is 6.41. The van der Waals surface area contributed by atoms with Gasteiger partial charge in [0.05, 0.1) is 11.8 Å². The van der Waals surface area contributed by atoms with Crippen LogP contribution >= 0.6 is 23.1 Å². The number of halogens is 1. The van der Waals surface area contributed by atoms with Gasteiger partial charge in [0, 0.05) is 12.4 Å². The maximum Gasteiger partial charge on any atom is 0.210 e. The van der Waals surface area contributed by atoms with E-state index in [1.807, 2.05) is 0 Å². The van der Waals surface area contributed by atoms with Gasteiger partial charge < -0.3 is 10.1 Å². The first-order chi connectivity index (χ1) is 9.81. The van der Waals surface area contributed by atoms with Crippen molar-refractivity contribution in [1.82, 2.24) is 10.2 Å². The molecular weight excluding hydrogens is 297 g/mol. The van der Waals surface area contributed by atoms with Crippen molar-refractivity contribution in [3.63, 3.8) is 0 Å². The Balaban J connectivity index is 1.57. The fourth-order valence-corrected chi connectivity index (χ4v) is 3.79. The Morgan fingerprint density at radius 3 is 3.10 bits per heavy atom. The largest absolute Gasteiger partial charge is 0.377 e. The molecule has 106 valence electrons. The molecule has 7 heteroatoms. The molecule has 1 aromatic heterocycles. The summed E-state index contributed by atoms with van der Waals surface area (Å²) < 4.78 is 19.9. The highest BCUT2D eigenvalue weighted by molar-refractivity contribution is 8.01. The molecular formula is C13H14FN3OS2. The second kappa shape index (κ2) is 6.51. The van der Waals surface area contributed by atoms with Gasteiger partial charge in [-0.05, 0) is 25.0 Å². The summed E-state index contributed by atoms with van der Waals surface area (Å²) in [6.45, 7) is 0.863. The molecule has 0 aliphatic carbocycles. The molecule has 1 saturated heterocycles. The maximum atomic E-state index is 13.5. The second-order valence-corrected chi connectivity index (χ2v) is 6.67. The summed E-state index contributed by atoms with van der Waals surface area (Å²) in [4.78, 5) is 0. The predicted octanol–water partition coefficient (Wildman–Crippen LogP) is 3.69. The number of nitrogens with zero attached hydrogens (tertiary/aromatic N) is 2. The highest BCUT2D eigenvalue weighted by Crippen LogP contribution is 2.30. The predicted molar refractivity (Wildman–Crippen MR) is 79.3 cm³/mol. The van der Waals surface area contributed by atoms with Crippen molar-refractivity contribution < 1.29 is 9.13 Å². The maximum absolute atomic E-state index is 13.5. The Morgan fingerprint density at radius 1 is 1.40 bits per heavy atom. The molecule has 0 spiro atoms. The molecule has 1 aliphatic rings. The van der Waals surface area contributed by atoms with Gasteiger partial charge in [-0.2, -0.15) is 0 Å². The summed E-state index contributed by atoms with van der Waals surface area (Å²) >= 11 is 3.07. The van der Waals surface area contributed by atoms with E-state index in [1.165, 1.54) is 17.4 Å². The molecule has 4 nitrogen and oxygen atoms in total. The molecule has 1 fully saturated rings. The van der Waals surface area contributed by atoms with Gasteiger partial charge in [0.1, 0.15) is 5.82 Å². The third kappa shape index (κ3) is 3.47. The van der Waals surface area contributed by atoms with Gasteiger partial charge in [0.2, 0.25) is 5.13 Å². The first-order valence-corrected chi connectivity index (χ1v) is 8.21. The van der Waals surface area contributed by atoms with Crippen molar-refractivity contribution in [2.75, 3.05) is 17.7 Å². The van der Waals surface area contributed by atoms with Gasteiger partial charge in [0.15, 0.2) is 4.34 Å². The summed E-state index contributed by atoms with van der Waals surface area (Å²) in [7, 11) is 0. The average Bonchev–Trinajstić information content (AvgIpc) is 3.10. The molecule has 20 heavy (non-hydrogen) atoms. The number of para-hydroxylation sites is 1. The van der Waals surface area contributed by atoms with E-state index in [4.69, 9.17) is 4.74 Å². The number of hydrogen-bond donors (Lipinski definition) is 1. The Kier molecular flexibility index (Phi) is 4.49. The standard InChI is InChI=1S/C13H14FN3OS2/c14-10-5-1-2-6-11(10)15-12-16-17-13(20-12)19-8-9-4-3-7-18-9/h1-2,5-6,9H,3-4,7-8H2,(H,15,16)/t9-/m1/s1. The summed E-state index contributed by atoms with van der Waals surface area (Å²) in [6, 6.07) is 6.52. The molecule has 1 N–H and O–H groups in total. The Morgan fingerprint density at radius 2 is 2.30 bits per heavy atom. The van der Waals surface area contributed by atoms with Gasteiger partial charge in [-0.25, -0.2) is 4.39 Å². The number of benzene rings is 1. The number of thioether (sulfide) groups is 1. The van der Waals surface area contributed by atoms with Gasteiger partial charge >= 0.3 is 0 Å². The van der Waals surface area contributed by atoms with E-state index in [0.717, 1.165) is 29.5 Å². The van der Waals surface area contributed by atoms with E-state index >= 15 is 0 Å². The summed E-state index contributed by atoms with van der Waals surface area (Å²) in [5.74, 6) is 0.602. The quantitative estimate of drug-likeness (QED) is 0.853. The topological polar surface area (TPSA) is 47.0 Å². The zero-order valence-corrected chi connectivity index (χ0v) is 12.3. The van der Waals surface area contributed by atoms with Crippen LogP contribution < -0.4 is 5.32 Å². The molecule has 3 rings (SSSR count). The number of hydrogen-bond acceptors (Lipinski definition) is 6. The number of ether oxygens (including phenoxy) is 1. The van der Waals surface area contributed by atoms with Crippen LogP contribution in [0.2, 0.25) is 0 Å². The smallest absolute Gasteiger partial charge is 0.210 e. The lowest BCUT2D eigenvalue weighted by atomic mass is 10.3. The number of nitrogens with one attached hydrogen (secondary N) is 1. The van der Waals surface area contributed by atoms with E-state index in [0.29, 0.717) is 16.9 Å². The molecule has 0 saturated carbocycles. The van der Waals surface area contributed by atoms with Crippen LogP contribution in [-0.2, 0) is 4.74 Å². The van der Waals surface area contributed by atoms with E-state index in [1.54, 1.807) is 30.0 Å². The van der Waals surface area contributed by atoms with E-state index in [2.05, 4.69) is 15.5 Å². The number of anilines is 2. The Bertz CT molecular complexity index is 572. The molecule has 0 unspecified atom stereocenters. The fourth-order valence-electron chi connectivity index (χ4n) is 1.94. The van der Waals surface area contributed by atoms with Crippen LogP contribution in [0.4, 0.5) is 15.2 Å². The van der Waals surface area contributed by atoms with Crippen molar-refractivity contribution in [3.05, 3.63) is 30.1 Å². The fraction of sp³-hybridized carbons (Fsp3) is 0.385. The Hall–Kier alpha value is -1.18. The minimum absolute atomic E-state index is 0.295. The molecule has 0 bridgehead atoms. The van der Waals surface area contributed by atoms with Crippen molar-refractivity contribution in [2.45, 2.75) is 23.3 Å². The zero-order chi connectivity index (χ0) is 13.8. The summed E-state index contributed by atoms with van der Waals surface area (Å²) in [5.41, 5.74) is 0.416. The van der Waals surface area contributed by atoms with Crippen LogP contribution in [0.5, 0.6) is 0 Å². The van der Waals surface area contributed by atoms with Crippen LogP contribution in [0.25, 0.3) is 0 Å². The van der Waals surface area contributed by atoms with Crippen molar-refractivity contribution >= 4 is 33.9 Å². The van der Waals surface area contributed by atoms with Crippen LogP contribution in [0.3, 0.4) is 0 Å². The molecule has 1 aliphatic heterocycles. The zero-order valence-electron chi connectivity index (χ0n) is 10.7. The van der Waals surface area contributed by atoms with Crippen LogP contribution in [-0.4, -0.2) is 28.7 Å². The van der Waals surface area contributed by atoms with Gasteiger partial charge in [-0.1, -0.05) is 35.2 Å². The third-order valence-corrected chi connectivity index (χ3v) is 5.04. The van der Waals surface area contributed by atoms with E-state index in [-0.39, 0.29) is 5.82 Å². The average molecular weight is 311 g/mol. The SMILES string of the molecule is Fc1ccccc1Nc1nnc(SC[C@H]2CCCO2)s1. The molecule has 0 radical (unpaired) electrons. The van der Waals surface area contributed by atoms with Gasteiger partial charge in [-0.3, -0.25) is 0 Å². The number of aromatic nitrogens is 2. The lowest BCUT2D eigenvalue weighted by molar-refractivity contribution is 0.129. The molecule has 2 aromatic rings. The molecule has 1 aromatic carbocycles. The molecule has 0 amide bonds. The minimum atomic E-state index is -0.295. The lowest BCUT2D eigenvalue weighted by Crippen LogP contribution is -2.07. The Labute approximate surface area is 124 Å². The van der Waals surface area contributed by atoms with Gasteiger partial charge in [0.25, 0.3) is 0 Å². The van der Waals surface area contributed by atoms with E-state index < -0.39 is 0 Å². The highest BCUT2D eigenvalue weighted by Gasteiger charge is 2.17. The minimum Gasteiger partial charge on any atom is -0.377 e. The third-order valence-electron chi connectivity index (χ3n) is 2.94. The summed E-state index contributed by atoms with van der Waals surface area (Å²) in [5, 5.41) is 11.7. The van der Waals surface area contributed by atoms with Gasteiger partial charge in [-0.15, -0.1) is 10.2 Å². The van der Waals surface area contributed by atoms with E-state index in [9.17, 15) is 4.39 Å². The van der Waals surface area contributed by atoms with Crippen LogP contribution in [0.15, 0.2) is 28.6 Å². The monoisotopic (exact) mass is 311 g/mol. The van der Waals surface area contributed by atoms with Crippen molar-refractivity contribution in [1.29, 1.82) is 0 Å². The van der Waals surface area contributed by atoms with Crippen LogP contribution in [0.1, 0.15) is 12.8 Å². The second-order valence-electron chi connectivity index (χ2n) is 4.42. The van der Waals surface area contributed by atoms with Crippen molar-refractivity contribution in [2.24, 2.45) is 0 Å². The van der Waals surface area contributed by atoms with Crippen LogP contribution in [0, 0.1) is 5.82 Å². The molecule has 2 heterocycles. The first kappa shape index (κ1) is 13.8. The lowest BCUT2D eigenvalue weighted by Gasteiger charge is -2.05. The summed E-state index contributed by atoms with van der Waals surface area (Å²) in [6.07, 6.45) is 2.58. The molecule has 1 atom stereocenters.